The molecule has 1 amide bonds. The van der Waals surface area contributed by atoms with Crippen molar-refractivity contribution in [2.45, 2.75) is 33.6 Å². The van der Waals surface area contributed by atoms with E-state index in [0.29, 0.717) is 22.0 Å². The summed E-state index contributed by atoms with van der Waals surface area (Å²) >= 11 is 1.37. The van der Waals surface area contributed by atoms with Gasteiger partial charge in [-0.05, 0) is 24.2 Å². The summed E-state index contributed by atoms with van der Waals surface area (Å²) < 4.78 is 0. The lowest BCUT2D eigenvalue weighted by atomic mass is 9.75. The first-order valence-electron chi connectivity index (χ1n) is 7.43. The first-order valence-corrected chi connectivity index (χ1v) is 8.24. The van der Waals surface area contributed by atoms with Gasteiger partial charge in [0.25, 0.3) is 5.91 Å². The number of amides is 1. The SMILES string of the molecule is CN(C)c1nc(N)c(C(=O)N2CCC(C(C)(C)C)CC2)s1. The molecule has 1 aliphatic rings. The predicted molar refractivity (Wildman–Crippen MR) is 88.9 cm³/mol. The van der Waals surface area contributed by atoms with Crippen molar-refractivity contribution in [3.8, 4) is 0 Å². The molecule has 0 radical (unpaired) electrons. The van der Waals surface area contributed by atoms with Crippen molar-refractivity contribution in [3.05, 3.63) is 4.88 Å². The summed E-state index contributed by atoms with van der Waals surface area (Å²) in [6.45, 7) is 8.46. The van der Waals surface area contributed by atoms with Gasteiger partial charge >= 0.3 is 0 Å². The van der Waals surface area contributed by atoms with E-state index in [4.69, 9.17) is 5.73 Å². The highest BCUT2D eigenvalue weighted by Crippen LogP contribution is 2.35. The van der Waals surface area contributed by atoms with E-state index in [1.54, 1.807) is 0 Å². The number of likely N-dealkylation sites (tertiary alicyclic amines) is 1. The lowest BCUT2D eigenvalue weighted by molar-refractivity contribution is 0.0614. The second-order valence-electron chi connectivity index (χ2n) is 7.04. The van der Waals surface area contributed by atoms with E-state index < -0.39 is 0 Å². The van der Waals surface area contributed by atoms with Gasteiger partial charge in [-0.15, -0.1) is 0 Å². The summed E-state index contributed by atoms with van der Waals surface area (Å²) in [7, 11) is 3.81. The Bertz CT molecular complexity index is 510. The van der Waals surface area contributed by atoms with Crippen LogP contribution in [0.2, 0.25) is 0 Å². The van der Waals surface area contributed by atoms with Crippen LogP contribution in [0.15, 0.2) is 0 Å². The number of aromatic nitrogens is 1. The van der Waals surface area contributed by atoms with E-state index in [2.05, 4.69) is 25.8 Å². The molecule has 1 aromatic rings. The van der Waals surface area contributed by atoms with Gasteiger partial charge in [0.15, 0.2) is 5.13 Å². The number of nitrogen functional groups attached to an aromatic ring is 1. The lowest BCUT2D eigenvalue weighted by Gasteiger charge is -2.38. The van der Waals surface area contributed by atoms with Gasteiger partial charge in [-0.3, -0.25) is 4.79 Å². The Morgan fingerprint density at radius 2 is 1.90 bits per heavy atom. The van der Waals surface area contributed by atoms with Crippen LogP contribution in [0.1, 0.15) is 43.3 Å². The summed E-state index contributed by atoms with van der Waals surface area (Å²) in [6, 6.07) is 0. The lowest BCUT2D eigenvalue weighted by Crippen LogP contribution is -2.41. The number of carbonyl (C=O) groups is 1. The van der Waals surface area contributed by atoms with Gasteiger partial charge in [-0.25, -0.2) is 4.98 Å². The molecule has 1 aliphatic heterocycles. The van der Waals surface area contributed by atoms with Crippen molar-refractivity contribution < 1.29 is 4.79 Å². The van der Waals surface area contributed by atoms with Gasteiger partial charge in [0.1, 0.15) is 10.7 Å². The van der Waals surface area contributed by atoms with Crippen molar-refractivity contribution in [2.24, 2.45) is 11.3 Å². The van der Waals surface area contributed by atoms with Crippen LogP contribution in [-0.4, -0.2) is 43.0 Å². The van der Waals surface area contributed by atoms with Crippen molar-refractivity contribution in [2.75, 3.05) is 37.8 Å². The first-order chi connectivity index (χ1) is 9.70. The number of piperidine rings is 1. The van der Waals surface area contributed by atoms with E-state index >= 15 is 0 Å². The quantitative estimate of drug-likeness (QED) is 0.912. The summed E-state index contributed by atoms with van der Waals surface area (Å²) in [5.41, 5.74) is 6.22. The minimum atomic E-state index is 0.0328. The number of nitrogens with two attached hydrogens (primary N) is 1. The summed E-state index contributed by atoms with van der Waals surface area (Å²) in [5.74, 6) is 1.06. The summed E-state index contributed by atoms with van der Waals surface area (Å²) in [6.07, 6.45) is 2.13. The van der Waals surface area contributed by atoms with E-state index in [-0.39, 0.29) is 5.91 Å². The van der Waals surface area contributed by atoms with E-state index in [9.17, 15) is 4.79 Å². The molecule has 2 rings (SSSR count). The average Bonchev–Trinajstić information content (AvgIpc) is 2.79. The van der Waals surface area contributed by atoms with E-state index in [1.807, 2.05) is 23.9 Å². The molecule has 1 aromatic heterocycles. The fourth-order valence-electron chi connectivity index (χ4n) is 2.76. The van der Waals surface area contributed by atoms with Crippen LogP contribution in [0.25, 0.3) is 0 Å². The first kappa shape index (κ1) is 16.1. The van der Waals surface area contributed by atoms with Crippen molar-refractivity contribution in [1.82, 2.24) is 9.88 Å². The Labute approximate surface area is 131 Å². The molecule has 21 heavy (non-hydrogen) atoms. The Morgan fingerprint density at radius 3 is 2.33 bits per heavy atom. The molecule has 2 N–H and O–H groups in total. The van der Waals surface area contributed by atoms with Crippen LogP contribution < -0.4 is 10.6 Å². The molecule has 1 saturated heterocycles. The monoisotopic (exact) mass is 310 g/mol. The molecule has 6 heteroatoms. The van der Waals surface area contributed by atoms with Gasteiger partial charge in [-0.2, -0.15) is 0 Å². The van der Waals surface area contributed by atoms with Gasteiger partial charge in [0.2, 0.25) is 0 Å². The smallest absolute Gasteiger partial charge is 0.267 e. The number of hydrogen-bond donors (Lipinski definition) is 1. The number of hydrogen-bond acceptors (Lipinski definition) is 5. The van der Waals surface area contributed by atoms with Crippen molar-refractivity contribution >= 4 is 28.2 Å². The largest absolute Gasteiger partial charge is 0.382 e. The number of nitrogens with zero attached hydrogens (tertiary/aromatic N) is 3. The third kappa shape index (κ3) is 3.48. The Morgan fingerprint density at radius 1 is 1.33 bits per heavy atom. The molecule has 0 spiro atoms. The number of thiazole rings is 1. The number of anilines is 2. The Balaban J connectivity index is 2.05. The fraction of sp³-hybridized carbons (Fsp3) is 0.733. The zero-order valence-electron chi connectivity index (χ0n) is 13.6. The Kier molecular flexibility index (Phi) is 4.46. The zero-order chi connectivity index (χ0) is 15.8. The van der Waals surface area contributed by atoms with Gasteiger partial charge in [-0.1, -0.05) is 32.1 Å². The molecular weight excluding hydrogens is 284 g/mol. The van der Waals surface area contributed by atoms with Crippen LogP contribution in [0, 0.1) is 11.3 Å². The van der Waals surface area contributed by atoms with Crippen LogP contribution >= 0.6 is 11.3 Å². The molecule has 2 heterocycles. The van der Waals surface area contributed by atoms with Gasteiger partial charge in [0.05, 0.1) is 0 Å². The Hall–Kier alpha value is -1.30. The molecule has 1 fully saturated rings. The summed E-state index contributed by atoms with van der Waals surface area (Å²) in [4.78, 5) is 21.2. The molecule has 5 nitrogen and oxygen atoms in total. The van der Waals surface area contributed by atoms with Crippen LogP contribution in [-0.2, 0) is 0 Å². The second kappa shape index (κ2) is 5.83. The van der Waals surface area contributed by atoms with Crippen LogP contribution in [0.4, 0.5) is 10.9 Å². The molecule has 0 saturated carbocycles. The van der Waals surface area contributed by atoms with Crippen molar-refractivity contribution in [3.63, 3.8) is 0 Å². The predicted octanol–water partition coefficient (Wildman–Crippen LogP) is 2.69. The minimum Gasteiger partial charge on any atom is -0.382 e. The highest BCUT2D eigenvalue weighted by atomic mass is 32.1. The normalized spacial score (nSPS) is 17.1. The maximum absolute atomic E-state index is 12.6. The maximum atomic E-state index is 12.6. The van der Waals surface area contributed by atoms with Crippen LogP contribution in [0.3, 0.4) is 0 Å². The molecule has 0 aromatic carbocycles. The zero-order valence-corrected chi connectivity index (χ0v) is 14.5. The minimum absolute atomic E-state index is 0.0328. The average molecular weight is 310 g/mol. The molecule has 0 atom stereocenters. The molecular formula is C15H26N4OS. The second-order valence-corrected chi connectivity index (χ2v) is 8.02. The fourth-order valence-corrected chi connectivity index (χ4v) is 3.63. The van der Waals surface area contributed by atoms with Gasteiger partial charge < -0.3 is 15.5 Å². The molecule has 0 unspecified atom stereocenters. The van der Waals surface area contributed by atoms with Crippen molar-refractivity contribution in [1.29, 1.82) is 0 Å². The standard InChI is InChI=1S/C15H26N4OS/c1-15(2,3)10-6-8-19(9-7-10)13(20)11-12(16)17-14(21-11)18(4)5/h10H,6-9,16H2,1-5H3. The van der Waals surface area contributed by atoms with E-state index in [0.717, 1.165) is 31.1 Å². The third-order valence-electron chi connectivity index (χ3n) is 4.23. The number of carbonyl (C=O) groups excluding carboxylic acids is 1. The third-order valence-corrected chi connectivity index (χ3v) is 5.45. The highest BCUT2D eigenvalue weighted by molar-refractivity contribution is 7.18. The van der Waals surface area contributed by atoms with E-state index in [1.165, 1.54) is 11.3 Å². The number of rotatable bonds is 2. The molecule has 118 valence electrons. The summed E-state index contributed by atoms with van der Waals surface area (Å²) in [5, 5.41) is 0.778. The highest BCUT2D eigenvalue weighted by Gasteiger charge is 2.32. The topological polar surface area (TPSA) is 62.5 Å². The maximum Gasteiger partial charge on any atom is 0.267 e. The molecule has 0 bridgehead atoms. The molecule has 0 aliphatic carbocycles. The van der Waals surface area contributed by atoms with Crippen LogP contribution in [0.5, 0.6) is 0 Å². The van der Waals surface area contributed by atoms with Gasteiger partial charge in [0, 0.05) is 27.2 Å².